The van der Waals surface area contributed by atoms with Crippen molar-refractivity contribution in [2.24, 2.45) is 4.99 Å². The van der Waals surface area contributed by atoms with Gasteiger partial charge >= 0.3 is 15.5 Å². The maximum atomic E-state index is 12.6. The van der Waals surface area contributed by atoms with Crippen molar-refractivity contribution in [3.8, 4) is 0 Å². The fraction of sp³-hybridized carbons (Fsp3) is 0.938. The van der Waals surface area contributed by atoms with E-state index in [1.807, 2.05) is 6.92 Å². The van der Waals surface area contributed by atoms with Gasteiger partial charge in [-0.2, -0.15) is 17.5 Å². The molecule has 0 aromatic rings. The van der Waals surface area contributed by atoms with Crippen molar-refractivity contribution in [3.05, 3.63) is 0 Å². The lowest BCUT2D eigenvalue weighted by Crippen LogP contribution is -2.51. The van der Waals surface area contributed by atoms with E-state index in [9.17, 15) is 21.6 Å². The average molecular weight is 543 g/mol. The van der Waals surface area contributed by atoms with Crippen LogP contribution in [0.4, 0.5) is 13.2 Å². The summed E-state index contributed by atoms with van der Waals surface area (Å²) in [7, 11) is -5.24. The van der Waals surface area contributed by atoms with Crippen LogP contribution in [0.5, 0.6) is 0 Å². The number of nitrogens with zero attached hydrogens (tertiary/aromatic N) is 3. The number of nitrogens with one attached hydrogen (secondary N) is 2. The molecule has 7 nitrogen and oxygen atoms in total. The summed E-state index contributed by atoms with van der Waals surface area (Å²) in [6.45, 7) is 9.95. The van der Waals surface area contributed by atoms with E-state index in [1.54, 1.807) is 0 Å². The summed E-state index contributed by atoms with van der Waals surface area (Å²) in [5, 5.41) is 6.34. The van der Waals surface area contributed by atoms with E-state index in [1.165, 1.54) is 0 Å². The number of piperidine rings is 1. The van der Waals surface area contributed by atoms with Crippen molar-refractivity contribution in [1.82, 2.24) is 19.8 Å². The van der Waals surface area contributed by atoms with E-state index in [-0.39, 0.29) is 43.1 Å². The predicted octanol–water partition coefficient (Wildman–Crippen LogP) is 2.21. The fourth-order valence-electron chi connectivity index (χ4n) is 2.95. The van der Waals surface area contributed by atoms with Crippen LogP contribution in [-0.4, -0.2) is 80.9 Å². The molecule has 0 spiro atoms. The van der Waals surface area contributed by atoms with Crippen LogP contribution in [-0.2, 0) is 10.0 Å². The molecule has 0 radical (unpaired) electrons. The molecular weight excluding hydrogens is 510 g/mol. The van der Waals surface area contributed by atoms with Gasteiger partial charge in [-0.1, -0.05) is 13.8 Å². The first-order valence-corrected chi connectivity index (χ1v) is 10.9. The van der Waals surface area contributed by atoms with Gasteiger partial charge in [-0.25, -0.2) is 8.42 Å². The quantitative estimate of drug-likeness (QED) is 0.265. The van der Waals surface area contributed by atoms with Gasteiger partial charge in [0, 0.05) is 32.2 Å². The highest BCUT2D eigenvalue weighted by Gasteiger charge is 2.50. The van der Waals surface area contributed by atoms with E-state index in [2.05, 4.69) is 34.4 Å². The SMILES string of the molecule is CCCN(CC)CCN=C(NCC)NC1CCN(S(=O)(=O)C(F)(F)F)CC1.I. The average Bonchev–Trinajstić information content (AvgIpc) is 2.60. The lowest BCUT2D eigenvalue weighted by atomic mass is 10.1. The molecule has 1 rings (SSSR count). The van der Waals surface area contributed by atoms with Gasteiger partial charge < -0.3 is 15.5 Å². The summed E-state index contributed by atoms with van der Waals surface area (Å²) in [4.78, 5) is 6.82. The highest BCUT2D eigenvalue weighted by atomic mass is 127. The van der Waals surface area contributed by atoms with E-state index in [4.69, 9.17) is 0 Å². The number of aliphatic imine (C=N–C) groups is 1. The highest BCUT2D eigenvalue weighted by Crippen LogP contribution is 2.28. The maximum absolute atomic E-state index is 12.6. The molecule has 2 N–H and O–H groups in total. The number of rotatable bonds is 9. The summed E-state index contributed by atoms with van der Waals surface area (Å²) in [6, 6.07) is -0.111. The monoisotopic (exact) mass is 543 g/mol. The first-order chi connectivity index (χ1) is 12.7. The van der Waals surface area contributed by atoms with E-state index in [0.717, 1.165) is 26.1 Å². The van der Waals surface area contributed by atoms with Crippen molar-refractivity contribution >= 4 is 40.0 Å². The van der Waals surface area contributed by atoms with Crippen molar-refractivity contribution in [3.63, 3.8) is 0 Å². The molecule has 1 heterocycles. The van der Waals surface area contributed by atoms with Crippen LogP contribution in [0.15, 0.2) is 4.99 Å². The largest absolute Gasteiger partial charge is 0.511 e. The number of guanidine groups is 1. The molecule has 1 fully saturated rings. The molecule has 1 saturated heterocycles. The third kappa shape index (κ3) is 8.57. The summed E-state index contributed by atoms with van der Waals surface area (Å²) in [5.41, 5.74) is -5.24. The summed E-state index contributed by atoms with van der Waals surface area (Å²) < 4.78 is 61.4. The Morgan fingerprint density at radius 1 is 1.18 bits per heavy atom. The molecule has 1 aliphatic rings. The second kappa shape index (κ2) is 13.1. The Morgan fingerprint density at radius 3 is 2.25 bits per heavy atom. The van der Waals surface area contributed by atoms with Crippen molar-refractivity contribution in [2.45, 2.75) is 51.6 Å². The maximum Gasteiger partial charge on any atom is 0.511 e. The highest BCUT2D eigenvalue weighted by molar-refractivity contribution is 14.0. The van der Waals surface area contributed by atoms with Gasteiger partial charge in [0.05, 0.1) is 6.54 Å². The lowest BCUT2D eigenvalue weighted by Gasteiger charge is -2.32. The number of sulfonamides is 1. The second-order valence-corrected chi connectivity index (χ2v) is 8.39. The minimum absolute atomic E-state index is 0. The van der Waals surface area contributed by atoms with Gasteiger partial charge in [0.1, 0.15) is 0 Å². The summed E-state index contributed by atoms with van der Waals surface area (Å²) >= 11 is 0. The van der Waals surface area contributed by atoms with Crippen LogP contribution in [0.25, 0.3) is 0 Å². The second-order valence-electron chi connectivity index (χ2n) is 6.46. The molecular formula is C16H33F3IN5O2S. The van der Waals surface area contributed by atoms with Crippen LogP contribution >= 0.6 is 24.0 Å². The van der Waals surface area contributed by atoms with E-state index in [0.29, 0.717) is 36.2 Å². The first kappa shape index (κ1) is 27.7. The number of likely N-dealkylation sites (N-methyl/N-ethyl adjacent to an activating group) is 1. The van der Waals surface area contributed by atoms with Gasteiger partial charge in [-0.15, -0.1) is 24.0 Å². The van der Waals surface area contributed by atoms with Gasteiger partial charge in [0.2, 0.25) is 0 Å². The van der Waals surface area contributed by atoms with Crippen molar-refractivity contribution < 1.29 is 21.6 Å². The van der Waals surface area contributed by atoms with Gasteiger partial charge in [-0.3, -0.25) is 4.99 Å². The summed E-state index contributed by atoms with van der Waals surface area (Å²) in [6.07, 6.45) is 1.68. The first-order valence-electron chi connectivity index (χ1n) is 9.49. The molecule has 0 aliphatic carbocycles. The third-order valence-electron chi connectivity index (χ3n) is 4.44. The van der Waals surface area contributed by atoms with E-state index >= 15 is 0 Å². The standard InChI is InChI=1S/C16H32F3N5O2S.HI/c1-4-10-23(6-3)13-9-21-15(20-5-2)22-14-7-11-24(12-8-14)27(25,26)16(17,18)19;/h14H,4-13H2,1-3H3,(H2,20,21,22);1H. The van der Waals surface area contributed by atoms with Crippen LogP contribution < -0.4 is 10.6 Å². The van der Waals surface area contributed by atoms with Gasteiger partial charge in [-0.05, 0) is 39.3 Å². The zero-order chi connectivity index (χ0) is 20.5. The van der Waals surface area contributed by atoms with Crippen molar-refractivity contribution in [1.29, 1.82) is 0 Å². The Labute approximate surface area is 183 Å². The van der Waals surface area contributed by atoms with Gasteiger partial charge in [0.15, 0.2) is 5.96 Å². The van der Waals surface area contributed by atoms with Crippen LogP contribution in [0.3, 0.4) is 0 Å². The number of hydrogen-bond acceptors (Lipinski definition) is 4. The molecule has 0 amide bonds. The minimum Gasteiger partial charge on any atom is -0.357 e. The Bertz CT molecular complexity index is 567. The summed E-state index contributed by atoms with van der Waals surface area (Å²) in [5.74, 6) is 0.613. The number of hydrogen-bond donors (Lipinski definition) is 2. The zero-order valence-corrected chi connectivity index (χ0v) is 19.9. The molecule has 0 atom stereocenters. The molecule has 0 saturated carbocycles. The predicted molar refractivity (Wildman–Crippen MR) is 117 cm³/mol. The molecule has 28 heavy (non-hydrogen) atoms. The fourth-order valence-corrected chi connectivity index (χ4v) is 3.93. The molecule has 12 heteroatoms. The third-order valence-corrected chi connectivity index (χ3v) is 6.07. The Kier molecular flexibility index (Phi) is 12.9. The smallest absolute Gasteiger partial charge is 0.357 e. The van der Waals surface area contributed by atoms with Gasteiger partial charge in [0.25, 0.3) is 0 Å². The number of halogens is 4. The van der Waals surface area contributed by atoms with Crippen LogP contribution in [0.2, 0.25) is 0 Å². The molecule has 0 aromatic carbocycles. The topological polar surface area (TPSA) is 77.0 Å². The van der Waals surface area contributed by atoms with Crippen LogP contribution in [0.1, 0.15) is 40.0 Å². The normalized spacial score (nSPS) is 17.5. The molecule has 0 unspecified atom stereocenters. The molecule has 1 aliphatic heterocycles. The Hall–Kier alpha value is -0.340. The van der Waals surface area contributed by atoms with Crippen LogP contribution in [0, 0.1) is 0 Å². The molecule has 0 aromatic heterocycles. The van der Waals surface area contributed by atoms with Crippen molar-refractivity contribution in [2.75, 3.05) is 45.8 Å². The van der Waals surface area contributed by atoms with E-state index < -0.39 is 15.5 Å². The minimum atomic E-state index is -5.24. The Balaban J connectivity index is 0.00000729. The molecule has 168 valence electrons. The zero-order valence-electron chi connectivity index (χ0n) is 16.8. The molecule has 0 bridgehead atoms. The number of alkyl halides is 3. The Morgan fingerprint density at radius 2 is 1.79 bits per heavy atom. The lowest BCUT2D eigenvalue weighted by molar-refractivity contribution is -0.0494.